The molecule has 0 bridgehead atoms. The third-order valence-corrected chi connectivity index (χ3v) is 2.83. The molecule has 7 heteroatoms. The smallest absolute Gasteiger partial charge is 0.326 e. The Morgan fingerprint density at radius 3 is 2.40 bits per heavy atom. The summed E-state index contributed by atoms with van der Waals surface area (Å²) in [6.45, 7) is 3.74. The van der Waals surface area contributed by atoms with Crippen LogP contribution in [-0.2, 0) is 11.8 Å². The lowest BCUT2D eigenvalue weighted by Crippen LogP contribution is -2.42. The number of primary amides is 1. The van der Waals surface area contributed by atoms with Crippen LogP contribution in [-0.4, -0.2) is 33.5 Å². The van der Waals surface area contributed by atoms with E-state index in [9.17, 15) is 14.4 Å². The van der Waals surface area contributed by atoms with Crippen molar-refractivity contribution in [2.24, 2.45) is 18.7 Å². The standard InChI is InChI=1S/C13H19N3O4/c1-7(2)4-9(13(19)20)15-12(18)10-5-8(11(14)17)6-16(10)3/h5-7,9H,4H2,1-3H3,(H2,14,17)(H,15,18)(H,19,20)/t9-/m0/s1. The molecule has 0 spiro atoms. The molecule has 1 aromatic rings. The Morgan fingerprint density at radius 2 is 2.00 bits per heavy atom. The topological polar surface area (TPSA) is 114 Å². The van der Waals surface area contributed by atoms with Crippen LogP contribution in [0.3, 0.4) is 0 Å². The number of rotatable bonds is 6. The van der Waals surface area contributed by atoms with E-state index in [-0.39, 0.29) is 17.2 Å². The molecule has 0 saturated carbocycles. The first-order chi connectivity index (χ1) is 9.22. The van der Waals surface area contributed by atoms with Gasteiger partial charge in [0.1, 0.15) is 11.7 Å². The predicted octanol–water partition coefficient (Wildman–Crippen LogP) is 0.353. The van der Waals surface area contributed by atoms with Crippen LogP contribution in [0, 0.1) is 5.92 Å². The zero-order valence-electron chi connectivity index (χ0n) is 11.7. The fourth-order valence-electron chi connectivity index (χ4n) is 1.85. The van der Waals surface area contributed by atoms with E-state index in [1.54, 1.807) is 7.05 Å². The van der Waals surface area contributed by atoms with Gasteiger partial charge >= 0.3 is 5.97 Å². The number of aryl methyl sites for hydroxylation is 1. The van der Waals surface area contributed by atoms with Crippen molar-refractivity contribution in [1.82, 2.24) is 9.88 Å². The molecule has 7 nitrogen and oxygen atoms in total. The molecule has 0 aromatic carbocycles. The molecule has 20 heavy (non-hydrogen) atoms. The van der Waals surface area contributed by atoms with Gasteiger partial charge in [0.15, 0.2) is 0 Å². The molecule has 1 heterocycles. The Morgan fingerprint density at radius 1 is 1.40 bits per heavy atom. The predicted molar refractivity (Wildman–Crippen MR) is 72.3 cm³/mol. The Labute approximate surface area is 116 Å². The molecule has 110 valence electrons. The summed E-state index contributed by atoms with van der Waals surface area (Å²) in [5, 5.41) is 11.5. The number of hydrogen-bond acceptors (Lipinski definition) is 3. The maximum atomic E-state index is 12.1. The summed E-state index contributed by atoms with van der Waals surface area (Å²) in [5.41, 5.74) is 5.52. The zero-order chi connectivity index (χ0) is 15.4. The summed E-state index contributed by atoms with van der Waals surface area (Å²) < 4.78 is 1.43. The number of amides is 2. The van der Waals surface area contributed by atoms with Gasteiger partial charge in [0.2, 0.25) is 5.91 Å². The highest BCUT2D eigenvalue weighted by Gasteiger charge is 2.23. The largest absolute Gasteiger partial charge is 0.480 e. The number of hydrogen-bond donors (Lipinski definition) is 3. The second-order valence-corrected chi connectivity index (χ2v) is 5.08. The number of carbonyl (C=O) groups is 3. The summed E-state index contributed by atoms with van der Waals surface area (Å²) in [7, 11) is 1.58. The van der Waals surface area contributed by atoms with E-state index in [1.807, 2.05) is 13.8 Å². The summed E-state index contributed by atoms with van der Waals surface area (Å²) >= 11 is 0. The van der Waals surface area contributed by atoms with E-state index < -0.39 is 23.8 Å². The Hall–Kier alpha value is -2.31. The molecule has 0 aliphatic rings. The average Bonchev–Trinajstić information content (AvgIpc) is 2.69. The van der Waals surface area contributed by atoms with Gasteiger partial charge in [-0.3, -0.25) is 9.59 Å². The average molecular weight is 281 g/mol. The van der Waals surface area contributed by atoms with Crippen LogP contribution in [0.15, 0.2) is 12.3 Å². The molecule has 1 atom stereocenters. The highest BCUT2D eigenvalue weighted by atomic mass is 16.4. The number of aliphatic carboxylic acids is 1. The van der Waals surface area contributed by atoms with Gasteiger partial charge in [-0.15, -0.1) is 0 Å². The summed E-state index contributed by atoms with van der Waals surface area (Å²) in [6, 6.07) is 0.376. The molecule has 0 radical (unpaired) electrons. The highest BCUT2D eigenvalue weighted by Crippen LogP contribution is 2.09. The first kappa shape index (κ1) is 15.7. The van der Waals surface area contributed by atoms with Crippen molar-refractivity contribution in [1.29, 1.82) is 0 Å². The van der Waals surface area contributed by atoms with Gasteiger partial charge in [-0.2, -0.15) is 0 Å². The molecule has 2 amide bonds. The van der Waals surface area contributed by atoms with Gasteiger partial charge in [0.25, 0.3) is 5.91 Å². The second kappa shape index (κ2) is 6.23. The van der Waals surface area contributed by atoms with Crippen molar-refractivity contribution in [3.8, 4) is 0 Å². The molecule has 0 aliphatic carbocycles. The highest BCUT2D eigenvalue weighted by molar-refractivity contribution is 5.99. The monoisotopic (exact) mass is 281 g/mol. The minimum Gasteiger partial charge on any atom is -0.480 e. The van der Waals surface area contributed by atoms with Crippen LogP contribution >= 0.6 is 0 Å². The van der Waals surface area contributed by atoms with Crippen LogP contribution < -0.4 is 11.1 Å². The van der Waals surface area contributed by atoms with E-state index in [4.69, 9.17) is 10.8 Å². The molecular formula is C13H19N3O4. The molecule has 0 aliphatic heterocycles. The van der Waals surface area contributed by atoms with Gasteiger partial charge in [0, 0.05) is 13.2 Å². The Balaban J connectivity index is 2.89. The van der Waals surface area contributed by atoms with E-state index in [1.165, 1.54) is 16.8 Å². The lowest BCUT2D eigenvalue weighted by atomic mass is 10.0. The minimum absolute atomic E-state index is 0.131. The van der Waals surface area contributed by atoms with Crippen molar-refractivity contribution < 1.29 is 19.5 Å². The van der Waals surface area contributed by atoms with E-state index in [0.717, 1.165) is 0 Å². The van der Waals surface area contributed by atoms with Crippen LogP contribution in [0.1, 0.15) is 41.1 Å². The van der Waals surface area contributed by atoms with E-state index in [2.05, 4.69) is 5.32 Å². The van der Waals surface area contributed by atoms with Gasteiger partial charge in [-0.05, 0) is 18.4 Å². The van der Waals surface area contributed by atoms with E-state index in [0.29, 0.717) is 6.42 Å². The maximum absolute atomic E-state index is 12.1. The fourth-order valence-corrected chi connectivity index (χ4v) is 1.85. The second-order valence-electron chi connectivity index (χ2n) is 5.08. The van der Waals surface area contributed by atoms with Gasteiger partial charge in [-0.1, -0.05) is 13.8 Å². The van der Waals surface area contributed by atoms with Crippen LogP contribution in [0.2, 0.25) is 0 Å². The molecule has 0 fully saturated rings. The van der Waals surface area contributed by atoms with Crippen molar-refractivity contribution >= 4 is 17.8 Å². The van der Waals surface area contributed by atoms with Crippen LogP contribution in [0.5, 0.6) is 0 Å². The Bertz CT molecular complexity index is 534. The summed E-state index contributed by atoms with van der Waals surface area (Å²) in [5.74, 6) is -2.15. The lowest BCUT2D eigenvalue weighted by molar-refractivity contribution is -0.139. The lowest BCUT2D eigenvalue weighted by Gasteiger charge is -2.16. The number of nitrogens with one attached hydrogen (secondary N) is 1. The SMILES string of the molecule is CC(C)C[C@H](NC(=O)c1cc(C(N)=O)cn1C)C(=O)O. The normalized spacial score (nSPS) is 12.2. The molecule has 1 rings (SSSR count). The molecule has 0 unspecified atom stereocenters. The number of aromatic nitrogens is 1. The number of nitrogens with zero attached hydrogens (tertiary/aromatic N) is 1. The van der Waals surface area contributed by atoms with Crippen molar-refractivity contribution in [3.05, 3.63) is 23.5 Å². The number of carbonyl (C=O) groups excluding carboxylic acids is 2. The number of carboxylic acids is 1. The first-order valence-corrected chi connectivity index (χ1v) is 6.22. The third kappa shape index (κ3) is 3.84. The van der Waals surface area contributed by atoms with Crippen LogP contribution in [0.4, 0.5) is 0 Å². The van der Waals surface area contributed by atoms with Crippen molar-refractivity contribution in [2.75, 3.05) is 0 Å². The molecular weight excluding hydrogens is 262 g/mol. The van der Waals surface area contributed by atoms with Gasteiger partial charge in [-0.25, -0.2) is 4.79 Å². The molecule has 1 aromatic heterocycles. The maximum Gasteiger partial charge on any atom is 0.326 e. The summed E-state index contributed by atoms with van der Waals surface area (Å²) in [4.78, 5) is 34.2. The first-order valence-electron chi connectivity index (χ1n) is 6.22. The molecule has 0 saturated heterocycles. The molecule has 4 N–H and O–H groups in total. The van der Waals surface area contributed by atoms with E-state index >= 15 is 0 Å². The fraction of sp³-hybridized carbons (Fsp3) is 0.462. The van der Waals surface area contributed by atoms with Crippen LogP contribution in [0.25, 0.3) is 0 Å². The minimum atomic E-state index is -1.09. The zero-order valence-corrected chi connectivity index (χ0v) is 11.7. The third-order valence-electron chi connectivity index (χ3n) is 2.83. The number of nitrogens with two attached hydrogens (primary N) is 1. The quantitative estimate of drug-likeness (QED) is 0.698. The summed E-state index contributed by atoms with van der Waals surface area (Å²) in [6.07, 6.45) is 1.75. The Kier molecular flexibility index (Phi) is 4.90. The van der Waals surface area contributed by atoms with Crippen molar-refractivity contribution in [3.63, 3.8) is 0 Å². The van der Waals surface area contributed by atoms with Gasteiger partial charge in [0.05, 0.1) is 5.56 Å². The van der Waals surface area contributed by atoms with Gasteiger partial charge < -0.3 is 20.7 Å². The van der Waals surface area contributed by atoms with Crippen molar-refractivity contribution in [2.45, 2.75) is 26.3 Å². The number of carboxylic acid groups (broad SMARTS) is 1.